The summed E-state index contributed by atoms with van der Waals surface area (Å²) in [5.41, 5.74) is 0.324. The fourth-order valence-corrected chi connectivity index (χ4v) is 4.16. The molecule has 0 spiro atoms. The molecule has 0 aliphatic carbocycles. The van der Waals surface area contributed by atoms with Crippen LogP contribution in [0.5, 0.6) is 11.5 Å². The van der Waals surface area contributed by atoms with Crippen LogP contribution in [0.2, 0.25) is 0 Å². The van der Waals surface area contributed by atoms with Gasteiger partial charge in [0.05, 0.1) is 0 Å². The number of phenols is 2. The average molecular weight is 441 g/mol. The van der Waals surface area contributed by atoms with Gasteiger partial charge in [0.2, 0.25) is 0 Å². The van der Waals surface area contributed by atoms with Crippen molar-refractivity contribution < 1.29 is 23.2 Å². The molecule has 1 aromatic carbocycles. The number of hydrogen-bond donors (Lipinski definition) is 3. The van der Waals surface area contributed by atoms with Gasteiger partial charge in [-0.1, -0.05) is 103 Å². The van der Waals surface area contributed by atoms with Gasteiger partial charge in [-0.25, -0.2) is 0 Å². The zero-order chi connectivity index (χ0) is 22.2. The molecule has 3 N–H and O–H groups in total. The van der Waals surface area contributed by atoms with Crippen LogP contribution >= 0.6 is 0 Å². The molecule has 0 saturated carbocycles. The number of rotatable bonds is 17. The second kappa shape index (κ2) is 15.3. The molecule has 0 fully saturated rings. The lowest BCUT2D eigenvalue weighted by molar-refractivity contribution is 0.432. The van der Waals surface area contributed by atoms with Gasteiger partial charge in [-0.05, 0) is 18.9 Å². The van der Waals surface area contributed by atoms with Crippen molar-refractivity contribution in [3.05, 3.63) is 23.8 Å². The zero-order valence-electron chi connectivity index (χ0n) is 18.5. The van der Waals surface area contributed by atoms with Crippen molar-refractivity contribution in [1.82, 2.24) is 0 Å². The third kappa shape index (κ3) is 11.6. The summed E-state index contributed by atoms with van der Waals surface area (Å²) in [5, 5.41) is 19.6. The average Bonchev–Trinajstić information content (AvgIpc) is 2.69. The Kier molecular flexibility index (Phi) is 13.5. The van der Waals surface area contributed by atoms with E-state index in [0.717, 1.165) is 25.0 Å². The normalized spacial score (nSPS) is 12.1. The van der Waals surface area contributed by atoms with Crippen LogP contribution in [-0.4, -0.2) is 23.2 Å². The first-order chi connectivity index (χ1) is 14.4. The Labute approximate surface area is 183 Å². The van der Waals surface area contributed by atoms with Crippen molar-refractivity contribution in [2.45, 2.75) is 108 Å². The first-order valence-corrected chi connectivity index (χ1v) is 13.0. The van der Waals surface area contributed by atoms with Gasteiger partial charge < -0.3 is 10.2 Å². The summed E-state index contributed by atoms with van der Waals surface area (Å²) in [6, 6.07) is 2.00. The summed E-state index contributed by atoms with van der Waals surface area (Å²) in [4.78, 5) is -0.691. The van der Waals surface area contributed by atoms with Gasteiger partial charge in [-0.15, -0.1) is 0 Å². The lowest BCUT2D eigenvalue weighted by atomic mass is 10.0. The van der Waals surface area contributed by atoms with Crippen molar-refractivity contribution in [1.29, 1.82) is 0 Å². The number of benzene rings is 1. The SMILES string of the molecule is CCCCCCCCCCCCCCCC/C=C\c1cc(O)c(S(=O)(=O)O)cc1O. The molecule has 30 heavy (non-hydrogen) atoms. The van der Waals surface area contributed by atoms with Gasteiger partial charge in [0, 0.05) is 11.6 Å². The number of hydrogen-bond acceptors (Lipinski definition) is 4. The van der Waals surface area contributed by atoms with E-state index in [1.807, 2.05) is 6.08 Å². The van der Waals surface area contributed by atoms with E-state index in [1.54, 1.807) is 6.08 Å². The molecular formula is C24H40O5S. The first-order valence-electron chi connectivity index (χ1n) is 11.6. The minimum absolute atomic E-state index is 0.294. The van der Waals surface area contributed by atoms with Gasteiger partial charge >= 0.3 is 0 Å². The van der Waals surface area contributed by atoms with Gasteiger partial charge in [0.15, 0.2) is 0 Å². The standard InChI is InChI=1S/C24H40O5S/c1-2-3-4-5-6-7-8-9-10-11-12-13-14-15-16-17-18-21-19-23(26)24(20-22(21)25)30(27,28)29/h17-20,25-26H,2-16H2,1H3,(H,27,28,29)/b18-17-. The first kappa shape index (κ1) is 26.5. The minimum Gasteiger partial charge on any atom is -0.507 e. The summed E-state index contributed by atoms with van der Waals surface area (Å²) >= 11 is 0. The molecule has 0 saturated heterocycles. The van der Waals surface area contributed by atoms with E-state index in [4.69, 9.17) is 4.55 Å². The number of allylic oxidation sites excluding steroid dienone is 1. The molecule has 0 amide bonds. The van der Waals surface area contributed by atoms with Crippen LogP contribution in [0.3, 0.4) is 0 Å². The van der Waals surface area contributed by atoms with E-state index in [0.29, 0.717) is 5.56 Å². The summed E-state index contributed by atoms with van der Waals surface area (Å²) < 4.78 is 31.2. The molecular weight excluding hydrogens is 400 g/mol. The van der Waals surface area contributed by atoms with Crippen molar-refractivity contribution >= 4 is 16.2 Å². The van der Waals surface area contributed by atoms with Crippen molar-refractivity contribution in [3.63, 3.8) is 0 Å². The molecule has 0 aliphatic rings. The minimum atomic E-state index is -4.56. The van der Waals surface area contributed by atoms with Crippen LogP contribution in [0.4, 0.5) is 0 Å². The molecule has 0 bridgehead atoms. The maximum absolute atomic E-state index is 11.1. The van der Waals surface area contributed by atoms with E-state index in [9.17, 15) is 18.6 Å². The second-order valence-electron chi connectivity index (χ2n) is 8.14. The Morgan fingerprint density at radius 3 is 1.67 bits per heavy atom. The second-order valence-corrected chi connectivity index (χ2v) is 9.53. The fraction of sp³-hybridized carbons (Fsp3) is 0.667. The van der Waals surface area contributed by atoms with Crippen molar-refractivity contribution in [3.8, 4) is 11.5 Å². The van der Waals surface area contributed by atoms with Gasteiger partial charge in [0.25, 0.3) is 10.1 Å². The third-order valence-corrected chi connectivity index (χ3v) is 6.29. The Morgan fingerprint density at radius 1 is 0.733 bits per heavy atom. The Bertz CT molecular complexity index is 725. The predicted molar refractivity (Wildman–Crippen MR) is 124 cm³/mol. The summed E-state index contributed by atoms with van der Waals surface area (Å²) in [6.07, 6.45) is 22.9. The number of aromatic hydroxyl groups is 2. The van der Waals surface area contributed by atoms with Crippen LogP contribution in [0.25, 0.3) is 6.08 Å². The zero-order valence-corrected chi connectivity index (χ0v) is 19.3. The van der Waals surface area contributed by atoms with Crippen LogP contribution in [-0.2, 0) is 10.1 Å². The topological polar surface area (TPSA) is 94.8 Å². The molecule has 1 rings (SSSR count). The summed E-state index contributed by atoms with van der Waals surface area (Å²) in [6.45, 7) is 2.26. The third-order valence-electron chi connectivity index (χ3n) is 5.41. The van der Waals surface area contributed by atoms with E-state index in [2.05, 4.69) is 6.92 Å². The smallest absolute Gasteiger partial charge is 0.298 e. The highest BCUT2D eigenvalue weighted by atomic mass is 32.2. The van der Waals surface area contributed by atoms with Gasteiger partial charge in [-0.3, -0.25) is 4.55 Å². The number of phenolic OH excluding ortho intramolecular Hbond substituents is 2. The quantitative estimate of drug-likeness (QED) is 0.135. The highest BCUT2D eigenvalue weighted by Gasteiger charge is 2.17. The highest BCUT2D eigenvalue weighted by Crippen LogP contribution is 2.31. The molecule has 0 atom stereocenters. The fourth-order valence-electron chi connectivity index (χ4n) is 3.58. The van der Waals surface area contributed by atoms with Gasteiger partial charge in [-0.2, -0.15) is 8.42 Å². The van der Waals surface area contributed by atoms with Crippen molar-refractivity contribution in [2.75, 3.05) is 0 Å². The Hall–Kier alpha value is -1.53. The monoisotopic (exact) mass is 440 g/mol. The molecule has 0 heterocycles. The Morgan fingerprint density at radius 2 is 1.20 bits per heavy atom. The van der Waals surface area contributed by atoms with E-state index in [1.165, 1.54) is 83.5 Å². The van der Waals surface area contributed by atoms with Crippen molar-refractivity contribution in [2.24, 2.45) is 0 Å². The van der Waals surface area contributed by atoms with Crippen LogP contribution < -0.4 is 0 Å². The van der Waals surface area contributed by atoms with Crippen LogP contribution in [0.1, 0.15) is 109 Å². The maximum Gasteiger partial charge on any atom is 0.298 e. The molecule has 0 unspecified atom stereocenters. The van der Waals surface area contributed by atoms with E-state index < -0.39 is 20.8 Å². The molecule has 0 radical (unpaired) electrons. The molecule has 5 nitrogen and oxygen atoms in total. The molecule has 0 aliphatic heterocycles. The number of unbranched alkanes of at least 4 members (excludes halogenated alkanes) is 14. The lowest BCUT2D eigenvalue weighted by Crippen LogP contribution is -1.98. The van der Waals surface area contributed by atoms with Gasteiger partial charge in [0.1, 0.15) is 16.4 Å². The maximum atomic E-state index is 11.1. The summed E-state index contributed by atoms with van der Waals surface area (Å²) in [7, 11) is -4.56. The lowest BCUT2D eigenvalue weighted by Gasteiger charge is -2.05. The molecule has 172 valence electrons. The van der Waals surface area contributed by atoms with E-state index >= 15 is 0 Å². The molecule has 1 aromatic rings. The predicted octanol–water partition coefficient (Wildman–Crippen LogP) is 7.23. The Balaban J connectivity index is 2.07. The molecule has 6 heteroatoms. The highest BCUT2D eigenvalue weighted by molar-refractivity contribution is 7.86. The largest absolute Gasteiger partial charge is 0.507 e. The van der Waals surface area contributed by atoms with Crippen LogP contribution in [0.15, 0.2) is 23.1 Å². The van der Waals surface area contributed by atoms with E-state index in [-0.39, 0.29) is 5.75 Å². The van der Waals surface area contributed by atoms with Crippen LogP contribution in [0, 0.1) is 0 Å². The molecule has 0 aromatic heterocycles. The summed E-state index contributed by atoms with van der Waals surface area (Å²) in [5.74, 6) is -0.871.